The monoisotopic (exact) mass is 281 g/mol. The molecule has 2 aliphatic carbocycles. The molecular weight excluding hydrogens is 254 g/mol. The fourth-order valence-electron chi connectivity index (χ4n) is 3.55. The molecule has 2 aliphatic rings. The first-order chi connectivity index (χ1) is 9.39. The lowest BCUT2D eigenvalue weighted by molar-refractivity contribution is -0.146. The largest absolute Gasteiger partial charge is 0.481 e. The topological polar surface area (TPSA) is 66.4 Å². The highest BCUT2D eigenvalue weighted by Crippen LogP contribution is 2.51. The Morgan fingerprint density at radius 2 is 1.85 bits per heavy atom. The minimum absolute atomic E-state index is 0.0414. The Hall–Kier alpha value is -1.06. The van der Waals surface area contributed by atoms with Crippen LogP contribution in [0.15, 0.2) is 0 Å². The average molecular weight is 281 g/mol. The summed E-state index contributed by atoms with van der Waals surface area (Å²) in [4.78, 5) is 23.7. The van der Waals surface area contributed by atoms with Gasteiger partial charge in [0, 0.05) is 6.54 Å². The van der Waals surface area contributed by atoms with Crippen molar-refractivity contribution in [3.05, 3.63) is 0 Å². The molecule has 114 valence electrons. The van der Waals surface area contributed by atoms with Crippen LogP contribution in [0.3, 0.4) is 0 Å². The first-order valence-corrected chi connectivity index (χ1v) is 7.90. The number of carbonyl (C=O) groups is 2. The summed E-state index contributed by atoms with van der Waals surface area (Å²) in [6.45, 7) is 7.18. The Bertz CT molecular complexity index is 387. The van der Waals surface area contributed by atoms with E-state index in [9.17, 15) is 14.7 Å². The van der Waals surface area contributed by atoms with E-state index in [4.69, 9.17) is 0 Å². The van der Waals surface area contributed by atoms with E-state index in [0.29, 0.717) is 24.8 Å². The molecule has 1 amide bonds. The molecular formula is C16H27NO3. The van der Waals surface area contributed by atoms with Crippen molar-refractivity contribution in [1.82, 2.24) is 5.32 Å². The number of carboxylic acids is 1. The molecule has 2 saturated carbocycles. The zero-order chi connectivity index (χ0) is 14.9. The first kappa shape index (κ1) is 15.3. The fourth-order valence-corrected chi connectivity index (χ4v) is 3.55. The average Bonchev–Trinajstić information content (AvgIpc) is 3.07. The molecule has 2 N–H and O–H groups in total. The molecule has 0 bridgehead atoms. The Morgan fingerprint density at radius 3 is 2.30 bits per heavy atom. The van der Waals surface area contributed by atoms with Crippen molar-refractivity contribution in [2.75, 3.05) is 6.54 Å². The van der Waals surface area contributed by atoms with Crippen molar-refractivity contribution in [2.45, 2.75) is 52.9 Å². The predicted molar refractivity (Wildman–Crippen MR) is 77.1 cm³/mol. The SMILES string of the molecule is CCC1CC(C(=O)O)C(C(=O)NCC2(C(C)C)CC2)C1. The van der Waals surface area contributed by atoms with Crippen molar-refractivity contribution in [2.24, 2.45) is 29.1 Å². The van der Waals surface area contributed by atoms with E-state index in [-0.39, 0.29) is 17.2 Å². The van der Waals surface area contributed by atoms with Gasteiger partial charge >= 0.3 is 5.97 Å². The smallest absolute Gasteiger partial charge is 0.307 e. The third kappa shape index (κ3) is 2.99. The molecule has 2 fully saturated rings. The van der Waals surface area contributed by atoms with Gasteiger partial charge in [-0.3, -0.25) is 9.59 Å². The summed E-state index contributed by atoms with van der Waals surface area (Å²) in [5.41, 5.74) is 0.275. The summed E-state index contributed by atoms with van der Waals surface area (Å²) in [5, 5.41) is 12.3. The zero-order valence-corrected chi connectivity index (χ0v) is 12.8. The van der Waals surface area contributed by atoms with Gasteiger partial charge in [-0.2, -0.15) is 0 Å². The van der Waals surface area contributed by atoms with Gasteiger partial charge in [0.05, 0.1) is 11.8 Å². The number of carboxylic acid groups (broad SMARTS) is 1. The van der Waals surface area contributed by atoms with E-state index in [1.807, 2.05) is 0 Å². The van der Waals surface area contributed by atoms with Crippen LogP contribution in [0.1, 0.15) is 52.9 Å². The highest BCUT2D eigenvalue weighted by molar-refractivity contribution is 5.85. The van der Waals surface area contributed by atoms with Crippen LogP contribution in [0, 0.1) is 29.1 Å². The van der Waals surface area contributed by atoms with E-state index in [1.165, 1.54) is 12.8 Å². The predicted octanol–water partition coefficient (Wildman–Crippen LogP) is 2.68. The lowest BCUT2D eigenvalue weighted by Crippen LogP contribution is -2.39. The summed E-state index contributed by atoms with van der Waals surface area (Å²) in [6.07, 6.45) is 4.70. The molecule has 4 nitrogen and oxygen atoms in total. The molecule has 0 saturated heterocycles. The van der Waals surface area contributed by atoms with Gasteiger partial charge in [0.1, 0.15) is 0 Å². The highest BCUT2D eigenvalue weighted by Gasteiger charge is 2.47. The zero-order valence-electron chi connectivity index (χ0n) is 12.8. The quantitative estimate of drug-likeness (QED) is 0.786. The van der Waals surface area contributed by atoms with Crippen molar-refractivity contribution in [3.8, 4) is 0 Å². The van der Waals surface area contributed by atoms with Gasteiger partial charge in [0.25, 0.3) is 0 Å². The number of hydrogen-bond acceptors (Lipinski definition) is 2. The maximum absolute atomic E-state index is 12.3. The maximum Gasteiger partial charge on any atom is 0.307 e. The van der Waals surface area contributed by atoms with Crippen molar-refractivity contribution >= 4 is 11.9 Å². The summed E-state index contributed by atoms with van der Waals surface area (Å²) in [6, 6.07) is 0. The van der Waals surface area contributed by atoms with Gasteiger partial charge < -0.3 is 10.4 Å². The van der Waals surface area contributed by atoms with Crippen molar-refractivity contribution in [3.63, 3.8) is 0 Å². The molecule has 0 aromatic rings. The molecule has 3 unspecified atom stereocenters. The number of hydrogen-bond donors (Lipinski definition) is 2. The second-order valence-electron chi connectivity index (χ2n) is 7.03. The van der Waals surface area contributed by atoms with Gasteiger partial charge in [-0.1, -0.05) is 27.2 Å². The van der Waals surface area contributed by atoms with Crippen LogP contribution in [0.4, 0.5) is 0 Å². The Kier molecular flexibility index (Phi) is 4.40. The van der Waals surface area contributed by atoms with Gasteiger partial charge in [0.2, 0.25) is 5.91 Å². The van der Waals surface area contributed by atoms with E-state index in [2.05, 4.69) is 26.1 Å². The maximum atomic E-state index is 12.3. The van der Waals surface area contributed by atoms with E-state index in [0.717, 1.165) is 12.8 Å². The summed E-state index contributed by atoms with van der Waals surface area (Å²) in [5.74, 6) is -0.724. The molecule has 2 rings (SSSR count). The fraction of sp³-hybridized carbons (Fsp3) is 0.875. The first-order valence-electron chi connectivity index (χ1n) is 7.90. The molecule has 0 aromatic heterocycles. The van der Waals surface area contributed by atoms with Crippen molar-refractivity contribution in [1.29, 1.82) is 0 Å². The molecule has 0 radical (unpaired) electrons. The van der Waals surface area contributed by atoms with Gasteiger partial charge in [0.15, 0.2) is 0 Å². The molecule has 0 heterocycles. The van der Waals surface area contributed by atoms with E-state index >= 15 is 0 Å². The minimum atomic E-state index is -0.814. The molecule has 4 heteroatoms. The lowest BCUT2D eigenvalue weighted by Gasteiger charge is -2.22. The Labute approximate surface area is 121 Å². The Morgan fingerprint density at radius 1 is 1.25 bits per heavy atom. The summed E-state index contributed by atoms with van der Waals surface area (Å²) >= 11 is 0. The normalized spacial score (nSPS) is 31.3. The molecule has 3 atom stereocenters. The third-order valence-electron chi connectivity index (χ3n) is 5.62. The van der Waals surface area contributed by atoms with Crippen LogP contribution in [-0.4, -0.2) is 23.5 Å². The van der Waals surface area contributed by atoms with Crippen LogP contribution in [0.5, 0.6) is 0 Å². The van der Waals surface area contributed by atoms with E-state index < -0.39 is 11.9 Å². The van der Waals surface area contributed by atoms with Gasteiger partial charge in [-0.05, 0) is 42.9 Å². The third-order valence-corrected chi connectivity index (χ3v) is 5.62. The lowest BCUT2D eigenvalue weighted by atomic mass is 9.91. The van der Waals surface area contributed by atoms with Gasteiger partial charge in [-0.15, -0.1) is 0 Å². The standard InChI is InChI=1S/C16H27NO3/c1-4-11-7-12(13(8-11)15(19)20)14(18)17-9-16(5-6-16)10(2)3/h10-13H,4-9H2,1-3H3,(H,17,18)(H,19,20). The number of carbonyl (C=O) groups excluding carboxylic acids is 1. The number of amides is 1. The number of aliphatic carboxylic acids is 1. The summed E-state index contributed by atoms with van der Waals surface area (Å²) < 4.78 is 0. The molecule has 0 spiro atoms. The molecule has 0 aliphatic heterocycles. The van der Waals surface area contributed by atoms with Crippen molar-refractivity contribution < 1.29 is 14.7 Å². The van der Waals surface area contributed by atoms with Gasteiger partial charge in [-0.25, -0.2) is 0 Å². The van der Waals surface area contributed by atoms with E-state index in [1.54, 1.807) is 0 Å². The number of rotatable bonds is 6. The van der Waals surface area contributed by atoms with Crippen LogP contribution in [0.25, 0.3) is 0 Å². The van der Waals surface area contributed by atoms with Crippen LogP contribution >= 0.6 is 0 Å². The van der Waals surface area contributed by atoms with Crippen LogP contribution in [0.2, 0.25) is 0 Å². The molecule has 0 aromatic carbocycles. The van der Waals surface area contributed by atoms with Crippen LogP contribution < -0.4 is 5.32 Å². The number of nitrogens with one attached hydrogen (secondary N) is 1. The highest BCUT2D eigenvalue weighted by atomic mass is 16.4. The minimum Gasteiger partial charge on any atom is -0.481 e. The summed E-state index contributed by atoms with van der Waals surface area (Å²) in [7, 11) is 0. The van der Waals surface area contributed by atoms with Crippen LogP contribution in [-0.2, 0) is 9.59 Å². The second kappa shape index (κ2) is 5.74. The molecule has 20 heavy (non-hydrogen) atoms. The Balaban J connectivity index is 1.92. The second-order valence-corrected chi connectivity index (χ2v) is 7.03.